The summed E-state index contributed by atoms with van der Waals surface area (Å²) >= 11 is 12.4. The van der Waals surface area contributed by atoms with E-state index in [1.165, 1.54) is 11.1 Å². The summed E-state index contributed by atoms with van der Waals surface area (Å²) < 4.78 is 0. The monoisotopic (exact) mass is 530 g/mol. The predicted molar refractivity (Wildman–Crippen MR) is 150 cm³/mol. The van der Waals surface area contributed by atoms with Crippen molar-refractivity contribution >= 4 is 29.1 Å². The Morgan fingerprint density at radius 1 is 0.944 bits per heavy atom. The molecule has 2 fully saturated rings. The van der Waals surface area contributed by atoms with Crippen molar-refractivity contribution in [2.45, 2.75) is 58.8 Å². The number of carbonyl (C=O) groups is 1. The van der Waals surface area contributed by atoms with Crippen molar-refractivity contribution in [2.24, 2.45) is 5.41 Å². The summed E-state index contributed by atoms with van der Waals surface area (Å²) in [6.07, 6.45) is 0. The van der Waals surface area contributed by atoms with Crippen LogP contribution in [0.25, 0.3) is 0 Å². The molecule has 0 bridgehead atoms. The Labute approximate surface area is 226 Å². The van der Waals surface area contributed by atoms with Gasteiger partial charge in [-0.15, -0.1) is 0 Å². The van der Waals surface area contributed by atoms with Gasteiger partial charge in [0.25, 0.3) is 0 Å². The molecule has 4 rings (SSSR count). The van der Waals surface area contributed by atoms with Gasteiger partial charge in [0.15, 0.2) is 0 Å². The average Bonchev–Trinajstić information content (AvgIpc) is 2.83. The molecule has 5 nitrogen and oxygen atoms in total. The van der Waals surface area contributed by atoms with Crippen LogP contribution in [0.2, 0.25) is 10.0 Å². The highest BCUT2D eigenvalue weighted by Crippen LogP contribution is 2.36. The summed E-state index contributed by atoms with van der Waals surface area (Å²) in [7, 11) is 0. The lowest BCUT2D eigenvalue weighted by molar-refractivity contribution is -0.142. The topological polar surface area (TPSA) is 38.8 Å². The van der Waals surface area contributed by atoms with Gasteiger partial charge in [-0.1, -0.05) is 68.2 Å². The van der Waals surface area contributed by atoms with Crippen LogP contribution in [0.15, 0.2) is 48.5 Å². The summed E-state index contributed by atoms with van der Waals surface area (Å²) in [6, 6.07) is 17.2. The second-order valence-electron chi connectivity index (χ2n) is 11.6. The van der Waals surface area contributed by atoms with Crippen LogP contribution in [-0.4, -0.2) is 78.0 Å². The molecule has 3 atom stereocenters. The van der Waals surface area contributed by atoms with Crippen molar-refractivity contribution < 1.29 is 4.79 Å². The molecule has 2 heterocycles. The molecule has 7 heteroatoms. The van der Waals surface area contributed by atoms with Gasteiger partial charge in [0.1, 0.15) is 0 Å². The lowest BCUT2D eigenvalue weighted by Crippen LogP contribution is -2.63. The fourth-order valence-corrected chi connectivity index (χ4v) is 5.82. The van der Waals surface area contributed by atoms with Gasteiger partial charge in [0, 0.05) is 60.9 Å². The zero-order chi connectivity index (χ0) is 26.0. The Morgan fingerprint density at radius 2 is 1.50 bits per heavy atom. The molecule has 0 aromatic heterocycles. The fraction of sp³-hybridized carbons (Fsp3) is 0.552. The van der Waals surface area contributed by atoms with E-state index in [-0.39, 0.29) is 23.4 Å². The van der Waals surface area contributed by atoms with E-state index in [1.807, 2.05) is 24.3 Å². The molecule has 1 N–H and O–H groups in total. The van der Waals surface area contributed by atoms with E-state index in [9.17, 15) is 4.79 Å². The molecule has 0 spiro atoms. The van der Waals surface area contributed by atoms with Crippen molar-refractivity contribution in [1.82, 2.24) is 20.0 Å². The van der Waals surface area contributed by atoms with Crippen LogP contribution >= 0.6 is 23.2 Å². The molecule has 2 aliphatic heterocycles. The Balaban J connectivity index is 1.58. The van der Waals surface area contributed by atoms with Crippen molar-refractivity contribution in [3.8, 4) is 0 Å². The third-order valence-electron chi connectivity index (χ3n) is 7.70. The first kappa shape index (κ1) is 27.4. The minimum absolute atomic E-state index is 0.0543. The SMILES string of the molecule is CC1CN[C@@H](C)CN1CC(=O)N1CCN(C(c2ccc(Cl)cc2)c2ccc(Cl)cc2)C[C@@H]1C(C)(C)C. The number of benzene rings is 2. The molecule has 1 amide bonds. The predicted octanol–water partition coefficient (Wildman–Crippen LogP) is 5.32. The summed E-state index contributed by atoms with van der Waals surface area (Å²) in [6.45, 7) is 15.8. The van der Waals surface area contributed by atoms with Gasteiger partial charge in [-0.2, -0.15) is 0 Å². The van der Waals surface area contributed by atoms with Crippen molar-refractivity contribution in [1.29, 1.82) is 0 Å². The van der Waals surface area contributed by atoms with Gasteiger partial charge >= 0.3 is 0 Å². The van der Waals surface area contributed by atoms with Crippen LogP contribution in [0.4, 0.5) is 0 Å². The number of nitrogens with one attached hydrogen (secondary N) is 1. The van der Waals surface area contributed by atoms with Crippen molar-refractivity contribution in [3.05, 3.63) is 69.7 Å². The lowest BCUT2D eigenvalue weighted by atomic mass is 9.83. The fourth-order valence-electron chi connectivity index (χ4n) is 5.56. The number of piperazine rings is 2. The van der Waals surface area contributed by atoms with Crippen LogP contribution in [0, 0.1) is 5.41 Å². The standard InChI is InChI=1S/C29H40Cl2N4O/c1-20-17-34(21(2)16-32-20)19-27(36)35-15-14-33(18-26(35)29(3,4)5)28(22-6-10-24(30)11-7-22)23-8-12-25(31)13-9-23/h6-13,20-21,26,28,32H,14-19H2,1-5H3/t20-,21?,26+/m0/s1. The Bertz CT molecular complexity index is 976. The van der Waals surface area contributed by atoms with E-state index >= 15 is 0 Å². The molecule has 1 unspecified atom stereocenters. The molecule has 2 aromatic carbocycles. The number of amides is 1. The number of carbonyl (C=O) groups excluding carboxylic acids is 1. The first-order valence-corrected chi connectivity index (χ1v) is 13.8. The van der Waals surface area contributed by atoms with Crippen LogP contribution in [0.1, 0.15) is 51.8 Å². The third-order valence-corrected chi connectivity index (χ3v) is 8.20. The van der Waals surface area contributed by atoms with E-state index in [0.717, 1.165) is 36.2 Å². The molecular formula is C29H40Cl2N4O. The minimum atomic E-state index is -0.0543. The summed E-state index contributed by atoms with van der Waals surface area (Å²) in [5, 5.41) is 4.97. The highest BCUT2D eigenvalue weighted by molar-refractivity contribution is 6.30. The van der Waals surface area contributed by atoms with Gasteiger partial charge in [-0.3, -0.25) is 14.6 Å². The first-order valence-electron chi connectivity index (χ1n) is 13.0. The van der Waals surface area contributed by atoms with Gasteiger partial charge in [0.2, 0.25) is 5.91 Å². The van der Waals surface area contributed by atoms with Crippen LogP contribution < -0.4 is 5.32 Å². The van der Waals surface area contributed by atoms with E-state index in [0.29, 0.717) is 25.2 Å². The zero-order valence-electron chi connectivity index (χ0n) is 22.2. The minimum Gasteiger partial charge on any atom is -0.336 e. The molecule has 36 heavy (non-hydrogen) atoms. The summed E-state index contributed by atoms with van der Waals surface area (Å²) in [5.74, 6) is 0.241. The second kappa shape index (κ2) is 11.4. The highest BCUT2D eigenvalue weighted by Gasteiger charge is 2.41. The van der Waals surface area contributed by atoms with Crippen molar-refractivity contribution in [3.63, 3.8) is 0 Å². The maximum Gasteiger partial charge on any atom is 0.237 e. The van der Waals surface area contributed by atoms with Crippen LogP contribution in [-0.2, 0) is 4.79 Å². The Hall–Kier alpha value is -1.63. The highest BCUT2D eigenvalue weighted by atomic mass is 35.5. The van der Waals surface area contributed by atoms with E-state index in [2.05, 4.69) is 78.9 Å². The molecule has 0 radical (unpaired) electrons. The summed E-state index contributed by atoms with van der Waals surface area (Å²) in [4.78, 5) is 20.7. The largest absolute Gasteiger partial charge is 0.336 e. The molecule has 196 valence electrons. The molecular weight excluding hydrogens is 491 g/mol. The number of hydrogen-bond acceptors (Lipinski definition) is 4. The van der Waals surface area contributed by atoms with Gasteiger partial charge in [-0.25, -0.2) is 0 Å². The van der Waals surface area contributed by atoms with E-state index < -0.39 is 0 Å². The van der Waals surface area contributed by atoms with E-state index in [1.54, 1.807) is 0 Å². The average molecular weight is 532 g/mol. The first-order chi connectivity index (χ1) is 17.0. The molecule has 0 aliphatic carbocycles. The Morgan fingerprint density at radius 3 is 2.03 bits per heavy atom. The quantitative estimate of drug-likeness (QED) is 0.567. The molecule has 2 aromatic rings. The maximum atomic E-state index is 13.7. The Kier molecular flexibility index (Phi) is 8.68. The lowest BCUT2D eigenvalue weighted by Gasteiger charge is -2.50. The molecule has 2 saturated heterocycles. The molecule has 0 saturated carbocycles. The smallest absolute Gasteiger partial charge is 0.237 e. The van der Waals surface area contributed by atoms with Gasteiger partial charge in [0.05, 0.1) is 12.6 Å². The number of rotatable bonds is 5. The van der Waals surface area contributed by atoms with E-state index in [4.69, 9.17) is 23.2 Å². The van der Waals surface area contributed by atoms with Crippen LogP contribution in [0.3, 0.4) is 0 Å². The second-order valence-corrected chi connectivity index (χ2v) is 12.4. The molecule has 2 aliphatic rings. The van der Waals surface area contributed by atoms with Crippen LogP contribution in [0.5, 0.6) is 0 Å². The van der Waals surface area contributed by atoms with Crippen molar-refractivity contribution in [2.75, 3.05) is 39.3 Å². The number of halogens is 2. The van der Waals surface area contributed by atoms with Gasteiger partial charge < -0.3 is 10.2 Å². The maximum absolute atomic E-state index is 13.7. The normalized spacial score (nSPS) is 24.3. The third kappa shape index (κ3) is 6.43. The summed E-state index contributed by atoms with van der Waals surface area (Å²) in [5.41, 5.74) is 2.33. The number of nitrogens with zero attached hydrogens (tertiary/aromatic N) is 3. The van der Waals surface area contributed by atoms with Gasteiger partial charge in [-0.05, 0) is 54.7 Å². The number of hydrogen-bond donors (Lipinski definition) is 1. The zero-order valence-corrected chi connectivity index (χ0v) is 23.7.